The molecule has 6 heteroatoms. The molecule has 0 spiro atoms. The Morgan fingerprint density at radius 1 is 1.27 bits per heavy atom. The number of esters is 1. The molecule has 1 amide bonds. The molecule has 2 heterocycles. The van der Waals surface area contributed by atoms with Crippen molar-refractivity contribution in [2.45, 2.75) is 50.9 Å². The first-order chi connectivity index (χ1) is 10.5. The van der Waals surface area contributed by atoms with Crippen molar-refractivity contribution >= 4 is 35.4 Å². The molecule has 126 valence electrons. The molecule has 0 aromatic heterocycles. The maximum absolute atomic E-state index is 12.5. The molecular formula is C16H27NO3S2. The standard InChI is InChI=1S/C16H27NO3S2/c1-12(2)20-16(19)8-13-4-3-5-17(10-13)15(18)9-14-11-21-6-7-22-14/h12-14H,3-11H2,1-2H3/t13-,14-/m0/s1. The summed E-state index contributed by atoms with van der Waals surface area (Å²) in [6, 6.07) is 0. The first kappa shape index (κ1) is 18.0. The highest BCUT2D eigenvalue weighted by molar-refractivity contribution is 8.06. The Bertz CT molecular complexity index is 384. The van der Waals surface area contributed by atoms with Crippen molar-refractivity contribution in [3.05, 3.63) is 0 Å². The number of carbonyl (C=O) groups is 2. The molecule has 0 N–H and O–H groups in total. The number of hydrogen-bond acceptors (Lipinski definition) is 5. The summed E-state index contributed by atoms with van der Waals surface area (Å²) < 4.78 is 5.22. The van der Waals surface area contributed by atoms with E-state index in [0.29, 0.717) is 18.1 Å². The molecule has 0 unspecified atom stereocenters. The summed E-state index contributed by atoms with van der Waals surface area (Å²) in [4.78, 5) is 26.2. The minimum atomic E-state index is -0.131. The zero-order chi connectivity index (χ0) is 15.9. The lowest BCUT2D eigenvalue weighted by atomic mass is 9.94. The molecule has 22 heavy (non-hydrogen) atoms. The average molecular weight is 346 g/mol. The number of nitrogens with zero attached hydrogens (tertiary/aromatic N) is 1. The van der Waals surface area contributed by atoms with Gasteiger partial charge >= 0.3 is 5.97 Å². The van der Waals surface area contributed by atoms with Crippen molar-refractivity contribution in [2.75, 3.05) is 30.3 Å². The van der Waals surface area contributed by atoms with Crippen molar-refractivity contribution in [2.24, 2.45) is 5.92 Å². The van der Waals surface area contributed by atoms with Gasteiger partial charge in [-0.05, 0) is 32.6 Å². The van der Waals surface area contributed by atoms with Gasteiger partial charge in [-0.1, -0.05) is 0 Å². The first-order valence-electron chi connectivity index (χ1n) is 8.21. The Labute approximate surface area is 142 Å². The van der Waals surface area contributed by atoms with Crippen LogP contribution in [0, 0.1) is 5.92 Å². The predicted octanol–water partition coefficient (Wildman–Crippen LogP) is 2.81. The van der Waals surface area contributed by atoms with Crippen LogP contribution in [0.2, 0.25) is 0 Å². The lowest BCUT2D eigenvalue weighted by Crippen LogP contribution is -2.42. The van der Waals surface area contributed by atoms with E-state index in [2.05, 4.69) is 0 Å². The third kappa shape index (κ3) is 6.03. The number of ether oxygens (including phenoxy) is 1. The molecule has 0 aromatic carbocycles. The van der Waals surface area contributed by atoms with E-state index in [0.717, 1.165) is 37.4 Å². The molecule has 0 aliphatic carbocycles. The van der Waals surface area contributed by atoms with Crippen molar-refractivity contribution in [1.29, 1.82) is 0 Å². The van der Waals surface area contributed by atoms with Crippen LogP contribution in [0.25, 0.3) is 0 Å². The van der Waals surface area contributed by atoms with Gasteiger partial charge in [-0.25, -0.2) is 0 Å². The van der Waals surface area contributed by atoms with Gasteiger partial charge in [0.15, 0.2) is 0 Å². The third-order valence-corrected chi connectivity index (χ3v) is 6.83. The lowest BCUT2D eigenvalue weighted by molar-refractivity contribution is -0.149. The fourth-order valence-corrected chi connectivity index (χ4v) is 5.65. The van der Waals surface area contributed by atoms with E-state index in [-0.39, 0.29) is 23.9 Å². The summed E-state index contributed by atoms with van der Waals surface area (Å²) in [5.74, 6) is 3.85. The van der Waals surface area contributed by atoms with E-state index in [4.69, 9.17) is 4.74 Å². The Morgan fingerprint density at radius 3 is 2.77 bits per heavy atom. The Hall–Kier alpha value is -0.360. The van der Waals surface area contributed by atoms with Crippen LogP contribution in [0.1, 0.15) is 39.5 Å². The third-order valence-electron chi connectivity index (χ3n) is 3.98. The highest BCUT2D eigenvalue weighted by atomic mass is 32.2. The van der Waals surface area contributed by atoms with E-state index in [1.165, 1.54) is 5.75 Å². The molecule has 2 atom stereocenters. The minimum Gasteiger partial charge on any atom is -0.463 e. The summed E-state index contributed by atoms with van der Waals surface area (Å²) in [6.45, 7) is 5.30. The smallest absolute Gasteiger partial charge is 0.306 e. The molecule has 2 fully saturated rings. The van der Waals surface area contributed by atoms with Gasteiger partial charge in [0.1, 0.15) is 0 Å². The number of hydrogen-bond donors (Lipinski definition) is 0. The SMILES string of the molecule is CC(C)OC(=O)C[C@@H]1CCCN(C(=O)C[C@H]2CSCCS2)C1. The fourth-order valence-electron chi connectivity index (χ4n) is 2.98. The summed E-state index contributed by atoms with van der Waals surface area (Å²) in [6.07, 6.45) is 3.05. The number of amides is 1. The molecule has 2 aliphatic rings. The topological polar surface area (TPSA) is 46.6 Å². The van der Waals surface area contributed by atoms with Gasteiger partial charge in [-0.3, -0.25) is 9.59 Å². The van der Waals surface area contributed by atoms with Gasteiger partial charge < -0.3 is 9.64 Å². The van der Waals surface area contributed by atoms with Crippen LogP contribution in [0.15, 0.2) is 0 Å². The van der Waals surface area contributed by atoms with E-state index in [1.54, 1.807) is 0 Å². The van der Waals surface area contributed by atoms with Gasteiger partial charge in [-0.15, -0.1) is 0 Å². The number of thioether (sulfide) groups is 2. The van der Waals surface area contributed by atoms with E-state index >= 15 is 0 Å². The molecule has 4 nitrogen and oxygen atoms in total. The van der Waals surface area contributed by atoms with Crippen LogP contribution in [-0.2, 0) is 14.3 Å². The Balaban J connectivity index is 1.76. The zero-order valence-corrected chi connectivity index (χ0v) is 15.2. The van der Waals surface area contributed by atoms with E-state index in [9.17, 15) is 9.59 Å². The van der Waals surface area contributed by atoms with E-state index in [1.807, 2.05) is 42.3 Å². The second-order valence-corrected chi connectivity index (χ2v) is 8.92. The maximum Gasteiger partial charge on any atom is 0.306 e. The lowest BCUT2D eigenvalue weighted by Gasteiger charge is -2.33. The molecule has 2 saturated heterocycles. The van der Waals surface area contributed by atoms with Crippen LogP contribution in [0.4, 0.5) is 0 Å². The molecule has 2 aliphatic heterocycles. The Kier molecular flexibility index (Phi) is 7.41. The van der Waals surface area contributed by atoms with Crippen LogP contribution in [-0.4, -0.2) is 58.5 Å². The van der Waals surface area contributed by atoms with Crippen LogP contribution < -0.4 is 0 Å². The molecule has 0 saturated carbocycles. The van der Waals surface area contributed by atoms with E-state index < -0.39 is 0 Å². The maximum atomic E-state index is 12.5. The fraction of sp³-hybridized carbons (Fsp3) is 0.875. The van der Waals surface area contributed by atoms with Crippen molar-refractivity contribution in [3.8, 4) is 0 Å². The summed E-state index contributed by atoms with van der Waals surface area (Å²) in [5.41, 5.74) is 0. The minimum absolute atomic E-state index is 0.0605. The number of likely N-dealkylation sites (tertiary alicyclic amines) is 1. The summed E-state index contributed by atoms with van der Waals surface area (Å²) in [7, 11) is 0. The predicted molar refractivity (Wildman–Crippen MR) is 93.3 cm³/mol. The van der Waals surface area contributed by atoms with Gasteiger partial charge in [0, 0.05) is 42.0 Å². The van der Waals surface area contributed by atoms with Crippen LogP contribution in [0.3, 0.4) is 0 Å². The Morgan fingerprint density at radius 2 is 2.09 bits per heavy atom. The quantitative estimate of drug-likeness (QED) is 0.717. The van der Waals surface area contributed by atoms with Gasteiger partial charge in [0.25, 0.3) is 0 Å². The van der Waals surface area contributed by atoms with Crippen LogP contribution >= 0.6 is 23.5 Å². The highest BCUT2D eigenvalue weighted by Crippen LogP contribution is 2.28. The largest absolute Gasteiger partial charge is 0.463 e. The van der Waals surface area contributed by atoms with Gasteiger partial charge in [0.2, 0.25) is 5.91 Å². The van der Waals surface area contributed by atoms with Gasteiger partial charge in [-0.2, -0.15) is 23.5 Å². The summed E-state index contributed by atoms with van der Waals surface area (Å²) in [5, 5.41) is 0.470. The second kappa shape index (κ2) is 9.06. The number of rotatable bonds is 5. The molecule has 0 radical (unpaired) electrons. The number of piperidine rings is 1. The number of carbonyl (C=O) groups excluding carboxylic acids is 2. The average Bonchev–Trinajstić information content (AvgIpc) is 2.47. The van der Waals surface area contributed by atoms with Crippen LogP contribution in [0.5, 0.6) is 0 Å². The normalized spacial score (nSPS) is 26.0. The molecular weight excluding hydrogens is 318 g/mol. The zero-order valence-electron chi connectivity index (χ0n) is 13.6. The monoisotopic (exact) mass is 345 g/mol. The van der Waals surface area contributed by atoms with Gasteiger partial charge in [0.05, 0.1) is 12.5 Å². The molecule has 2 rings (SSSR count). The highest BCUT2D eigenvalue weighted by Gasteiger charge is 2.28. The second-order valence-electron chi connectivity index (χ2n) is 6.36. The van der Waals surface area contributed by atoms with Crippen molar-refractivity contribution < 1.29 is 14.3 Å². The summed E-state index contributed by atoms with van der Waals surface area (Å²) >= 11 is 3.88. The molecule has 0 bridgehead atoms. The van der Waals surface area contributed by atoms with Crippen molar-refractivity contribution in [1.82, 2.24) is 4.90 Å². The van der Waals surface area contributed by atoms with Crippen molar-refractivity contribution in [3.63, 3.8) is 0 Å². The molecule has 0 aromatic rings. The first-order valence-corrected chi connectivity index (χ1v) is 10.4.